The normalized spacial score (nSPS) is 20.6. The van der Waals surface area contributed by atoms with Gasteiger partial charge in [0.15, 0.2) is 0 Å². The highest BCUT2D eigenvalue weighted by Gasteiger charge is 2.34. The van der Waals surface area contributed by atoms with Crippen LogP contribution in [0.25, 0.3) is 0 Å². The molecule has 0 atom stereocenters. The average Bonchev–Trinajstić information content (AvgIpc) is 3.36. The molecule has 0 unspecified atom stereocenters. The summed E-state index contributed by atoms with van der Waals surface area (Å²) in [6, 6.07) is 16.0. The number of methoxy groups -OCH3 is 1. The van der Waals surface area contributed by atoms with Crippen molar-refractivity contribution in [3.63, 3.8) is 0 Å². The monoisotopic (exact) mass is 554 g/mol. The molecule has 8 nitrogen and oxygen atoms in total. The SMILES string of the molecule is CCOC(=O)c1nnn(Cc2ccc(OC)cc2)c1OC1CCC(c2ccc(N3CCC(F)(F)CC3)cc2)CC1. The molecular formula is C30H36F2N4O4. The summed E-state index contributed by atoms with van der Waals surface area (Å²) in [6.07, 6.45) is 3.26. The zero-order chi connectivity index (χ0) is 28.1. The fourth-order valence-corrected chi connectivity index (χ4v) is 5.48. The number of hydrogen-bond donors (Lipinski definition) is 0. The van der Waals surface area contributed by atoms with Crippen LogP contribution >= 0.6 is 0 Å². The second-order valence-corrected chi connectivity index (χ2v) is 10.5. The highest BCUT2D eigenvalue weighted by atomic mass is 19.3. The molecule has 0 amide bonds. The smallest absolute Gasteiger partial charge is 0.364 e. The van der Waals surface area contributed by atoms with E-state index >= 15 is 0 Å². The molecule has 3 aromatic rings. The molecule has 10 heteroatoms. The van der Waals surface area contributed by atoms with E-state index in [-0.39, 0.29) is 31.2 Å². The maximum atomic E-state index is 13.5. The Bertz CT molecular complexity index is 1260. The van der Waals surface area contributed by atoms with Crippen LogP contribution in [0.3, 0.4) is 0 Å². The molecule has 1 aliphatic carbocycles. The zero-order valence-corrected chi connectivity index (χ0v) is 23.0. The first-order valence-electron chi connectivity index (χ1n) is 14.0. The topological polar surface area (TPSA) is 78.7 Å². The second kappa shape index (κ2) is 12.2. The Labute approximate surface area is 233 Å². The molecule has 0 N–H and O–H groups in total. The van der Waals surface area contributed by atoms with Crippen LogP contribution in [0, 0.1) is 0 Å². The number of hydrogen-bond acceptors (Lipinski definition) is 7. The first-order chi connectivity index (χ1) is 19.3. The third kappa shape index (κ3) is 6.54. The lowest BCUT2D eigenvalue weighted by Crippen LogP contribution is -2.39. The van der Waals surface area contributed by atoms with Gasteiger partial charge in [-0.2, -0.15) is 0 Å². The number of carbonyl (C=O) groups excluding carboxylic acids is 1. The Morgan fingerprint density at radius 1 is 1.00 bits per heavy atom. The molecule has 2 heterocycles. The standard InChI is InChI=1S/C30H36F2N4O4/c1-3-39-29(37)27-28(36(34-33-27)20-21-4-12-25(38-2)13-5-21)40-26-14-8-23(9-15-26)22-6-10-24(11-7-22)35-18-16-30(31,32)17-19-35/h4-7,10-13,23,26H,3,8-9,14-20H2,1-2H3. The minimum Gasteiger partial charge on any atom is -0.497 e. The van der Waals surface area contributed by atoms with Crippen molar-refractivity contribution in [3.05, 3.63) is 65.4 Å². The number of anilines is 1. The van der Waals surface area contributed by atoms with E-state index in [1.165, 1.54) is 5.56 Å². The molecule has 2 aromatic carbocycles. The number of nitrogens with zero attached hydrogens (tertiary/aromatic N) is 4. The summed E-state index contributed by atoms with van der Waals surface area (Å²) in [6.45, 7) is 3.14. The highest BCUT2D eigenvalue weighted by Crippen LogP contribution is 2.37. The van der Waals surface area contributed by atoms with Crippen molar-refractivity contribution in [3.8, 4) is 11.6 Å². The lowest BCUT2D eigenvalue weighted by molar-refractivity contribution is -0.0220. The second-order valence-electron chi connectivity index (χ2n) is 10.5. The van der Waals surface area contributed by atoms with Gasteiger partial charge in [0.05, 0.1) is 20.3 Å². The number of rotatable bonds is 9. The van der Waals surface area contributed by atoms with Crippen molar-refractivity contribution >= 4 is 11.7 Å². The maximum absolute atomic E-state index is 13.5. The number of aromatic nitrogens is 3. The summed E-state index contributed by atoms with van der Waals surface area (Å²) < 4.78 is 45.5. The maximum Gasteiger partial charge on any atom is 0.364 e. The molecule has 0 spiro atoms. The fourth-order valence-electron chi connectivity index (χ4n) is 5.48. The number of halogens is 2. The summed E-state index contributed by atoms with van der Waals surface area (Å²) in [4.78, 5) is 14.6. The van der Waals surface area contributed by atoms with Gasteiger partial charge in [-0.1, -0.05) is 29.5 Å². The zero-order valence-electron chi connectivity index (χ0n) is 23.0. The minimum absolute atomic E-state index is 0.0770. The van der Waals surface area contributed by atoms with Crippen LogP contribution in [0.4, 0.5) is 14.5 Å². The van der Waals surface area contributed by atoms with Crippen molar-refractivity contribution < 1.29 is 27.8 Å². The van der Waals surface area contributed by atoms with Crippen LogP contribution in [0.1, 0.15) is 73.0 Å². The highest BCUT2D eigenvalue weighted by molar-refractivity contribution is 5.89. The van der Waals surface area contributed by atoms with Gasteiger partial charge in [0.1, 0.15) is 11.9 Å². The lowest BCUT2D eigenvalue weighted by Gasteiger charge is -2.34. The molecule has 2 aliphatic rings. The molecule has 40 heavy (non-hydrogen) atoms. The predicted octanol–water partition coefficient (Wildman–Crippen LogP) is 5.85. The van der Waals surface area contributed by atoms with Gasteiger partial charge in [0.25, 0.3) is 5.92 Å². The van der Waals surface area contributed by atoms with Gasteiger partial charge in [-0.15, -0.1) is 5.10 Å². The molecule has 5 rings (SSSR count). The van der Waals surface area contributed by atoms with Crippen LogP contribution in [-0.2, 0) is 11.3 Å². The number of alkyl halides is 2. The van der Waals surface area contributed by atoms with Gasteiger partial charge in [0, 0.05) is 31.6 Å². The van der Waals surface area contributed by atoms with E-state index in [1.807, 2.05) is 29.2 Å². The van der Waals surface area contributed by atoms with Crippen molar-refractivity contribution in [2.45, 2.75) is 69.9 Å². The Kier molecular flexibility index (Phi) is 8.52. The Morgan fingerprint density at radius 3 is 2.30 bits per heavy atom. The van der Waals surface area contributed by atoms with Gasteiger partial charge in [0.2, 0.25) is 11.6 Å². The van der Waals surface area contributed by atoms with Gasteiger partial charge >= 0.3 is 5.97 Å². The first kappa shape index (κ1) is 27.9. The van der Waals surface area contributed by atoms with Gasteiger partial charge in [-0.05, 0) is 73.9 Å². The summed E-state index contributed by atoms with van der Waals surface area (Å²) in [7, 11) is 1.62. The van der Waals surface area contributed by atoms with E-state index in [4.69, 9.17) is 14.2 Å². The molecule has 0 bridgehead atoms. The largest absolute Gasteiger partial charge is 0.497 e. The van der Waals surface area contributed by atoms with E-state index in [9.17, 15) is 13.6 Å². The van der Waals surface area contributed by atoms with E-state index in [1.54, 1.807) is 18.7 Å². The van der Waals surface area contributed by atoms with Gasteiger partial charge in [-0.3, -0.25) is 0 Å². The summed E-state index contributed by atoms with van der Waals surface area (Å²) in [5, 5.41) is 8.29. The van der Waals surface area contributed by atoms with Crippen LogP contribution in [0.2, 0.25) is 0 Å². The number of ether oxygens (including phenoxy) is 3. The predicted molar refractivity (Wildman–Crippen MR) is 147 cm³/mol. The molecule has 214 valence electrons. The van der Waals surface area contributed by atoms with E-state index in [2.05, 4.69) is 34.6 Å². The third-order valence-electron chi connectivity index (χ3n) is 7.83. The molecule has 1 aliphatic heterocycles. The molecule has 1 saturated heterocycles. The van der Waals surface area contributed by atoms with Crippen molar-refractivity contribution in [1.82, 2.24) is 15.0 Å². The summed E-state index contributed by atoms with van der Waals surface area (Å²) >= 11 is 0. The third-order valence-corrected chi connectivity index (χ3v) is 7.83. The van der Waals surface area contributed by atoms with Crippen LogP contribution in [0.5, 0.6) is 11.6 Å². The number of benzene rings is 2. The van der Waals surface area contributed by atoms with Gasteiger partial charge in [-0.25, -0.2) is 18.3 Å². The first-order valence-corrected chi connectivity index (χ1v) is 14.0. The van der Waals surface area contributed by atoms with Crippen molar-refractivity contribution in [1.29, 1.82) is 0 Å². The van der Waals surface area contributed by atoms with Crippen LogP contribution in [-0.4, -0.2) is 59.8 Å². The van der Waals surface area contributed by atoms with E-state index in [0.29, 0.717) is 31.4 Å². The van der Waals surface area contributed by atoms with E-state index < -0.39 is 11.9 Å². The number of piperidine rings is 1. The molecular weight excluding hydrogens is 518 g/mol. The molecule has 1 aromatic heterocycles. The summed E-state index contributed by atoms with van der Waals surface area (Å²) in [5.41, 5.74) is 3.31. The summed E-state index contributed by atoms with van der Waals surface area (Å²) in [5.74, 6) is -1.61. The van der Waals surface area contributed by atoms with Crippen LogP contribution in [0.15, 0.2) is 48.5 Å². The Balaban J connectivity index is 1.22. The minimum atomic E-state index is -2.54. The fraction of sp³-hybridized carbons (Fsp3) is 0.500. The molecule has 0 radical (unpaired) electrons. The Morgan fingerprint density at radius 2 is 1.68 bits per heavy atom. The van der Waals surface area contributed by atoms with Crippen LogP contribution < -0.4 is 14.4 Å². The van der Waals surface area contributed by atoms with Crippen molar-refractivity contribution in [2.24, 2.45) is 0 Å². The molecule has 1 saturated carbocycles. The quantitative estimate of drug-likeness (QED) is 0.307. The van der Waals surface area contributed by atoms with Crippen molar-refractivity contribution in [2.75, 3.05) is 31.7 Å². The van der Waals surface area contributed by atoms with E-state index in [0.717, 1.165) is 42.7 Å². The lowest BCUT2D eigenvalue weighted by atomic mass is 9.82. The van der Waals surface area contributed by atoms with Gasteiger partial charge < -0.3 is 19.1 Å². The number of esters is 1. The average molecular weight is 555 g/mol. The Hall–Kier alpha value is -3.69. The number of carbonyl (C=O) groups is 1. The molecule has 2 fully saturated rings.